The molecule has 2 aromatic carbocycles. The van der Waals surface area contributed by atoms with Crippen molar-refractivity contribution in [1.29, 1.82) is 0 Å². The molecule has 1 fully saturated rings. The third-order valence-corrected chi connectivity index (χ3v) is 5.24. The highest BCUT2D eigenvalue weighted by Gasteiger charge is 2.41. The van der Waals surface area contributed by atoms with E-state index in [-0.39, 0.29) is 11.7 Å². The molecule has 134 valence electrons. The number of rotatable bonds is 2. The van der Waals surface area contributed by atoms with Gasteiger partial charge in [0.1, 0.15) is 11.3 Å². The van der Waals surface area contributed by atoms with Crippen LogP contribution in [-0.2, 0) is 4.79 Å². The third kappa shape index (κ3) is 2.82. The van der Waals surface area contributed by atoms with Crippen molar-refractivity contribution in [2.75, 3.05) is 5.32 Å². The molecule has 1 N–H and O–H groups in total. The zero-order chi connectivity index (χ0) is 18.4. The number of carbonyl (C=O) groups excluding carboxylic acids is 1. The van der Waals surface area contributed by atoms with Crippen LogP contribution in [0.25, 0.3) is 11.1 Å². The molecule has 0 bridgehead atoms. The number of oxazole rings is 1. The summed E-state index contributed by atoms with van der Waals surface area (Å²) in [5, 5.41) is 3.64. The van der Waals surface area contributed by atoms with Crippen LogP contribution in [0.3, 0.4) is 0 Å². The van der Waals surface area contributed by atoms with Gasteiger partial charge in [-0.3, -0.25) is 10.1 Å². The number of aliphatic imine (C=N–C) groups is 2. The summed E-state index contributed by atoms with van der Waals surface area (Å²) >= 11 is 6.39. The standard InChI is InChI=1S/C20H15ClN4O2/c21-12-6-2-1-5-11(12)18-17-14(9-10-15(17)26)22-19(24-18)25-20-23-13-7-3-4-8-16(13)27-20/h1-8,17-18H,9-10H2,(H,23,24,25). The van der Waals surface area contributed by atoms with Crippen molar-refractivity contribution in [3.05, 3.63) is 59.1 Å². The summed E-state index contributed by atoms with van der Waals surface area (Å²) in [6.45, 7) is 0. The first kappa shape index (κ1) is 16.2. The molecule has 1 aliphatic heterocycles. The number of guanidine groups is 1. The van der Waals surface area contributed by atoms with Crippen molar-refractivity contribution in [3.8, 4) is 0 Å². The van der Waals surface area contributed by atoms with Crippen LogP contribution in [0.2, 0.25) is 5.02 Å². The second kappa shape index (κ2) is 6.32. The number of aromatic nitrogens is 1. The smallest absolute Gasteiger partial charge is 0.302 e. The molecule has 0 saturated heterocycles. The highest BCUT2D eigenvalue weighted by molar-refractivity contribution is 6.31. The topological polar surface area (TPSA) is 79.9 Å². The van der Waals surface area contributed by atoms with E-state index in [0.29, 0.717) is 35.4 Å². The number of nitrogens with zero attached hydrogens (tertiary/aromatic N) is 3. The maximum Gasteiger partial charge on any atom is 0.302 e. The fraction of sp³-hybridized carbons (Fsp3) is 0.200. The molecule has 2 aliphatic rings. The molecule has 27 heavy (non-hydrogen) atoms. The van der Waals surface area contributed by atoms with Crippen LogP contribution >= 0.6 is 11.6 Å². The number of nitrogens with one attached hydrogen (secondary N) is 1. The van der Waals surface area contributed by atoms with Crippen molar-refractivity contribution in [3.63, 3.8) is 0 Å². The van der Waals surface area contributed by atoms with Gasteiger partial charge in [-0.25, -0.2) is 9.98 Å². The summed E-state index contributed by atoms with van der Waals surface area (Å²) in [4.78, 5) is 26.1. The molecule has 5 rings (SSSR count). The minimum Gasteiger partial charge on any atom is -0.423 e. The van der Waals surface area contributed by atoms with Gasteiger partial charge < -0.3 is 4.42 Å². The van der Waals surface area contributed by atoms with Crippen molar-refractivity contribution < 1.29 is 9.21 Å². The molecule has 0 spiro atoms. The van der Waals surface area contributed by atoms with Gasteiger partial charge >= 0.3 is 6.01 Å². The molecule has 1 aromatic heterocycles. The average molecular weight is 379 g/mol. The minimum atomic E-state index is -0.395. The molecule has 1 aliphatic carbocycles. The SMILES string of the molecule is O=C1CCC2=NC(Nc3nc4ccccc4o3)=NC(c3ccccc3Cl)C12. The zero-order valence-electron chi connectivity index (χ0n) is 14.2. The van der Waals surface area contributed by atoms with E-state index in [2.05, 4.69) is 20.3 Å². The number of para-hydroxylation sites is 2. The van der Waals surface area contributed by atoms with E-state index >= 15 is 0 Å². The number of halogens is 1. The van der Waals surface area contributed by atoms with E-state index in [0.717, 1.165) is 16.8 Å². The molecule has 2 heterocycles. The number of ketones is 1. The van der Waals surface area contributed by atoms with Crippen LogP contribution in [0.15, 0.2) is 62.9 Å². The number of hydrogen-bond donors (Lipinski definition) is 1. The Morgan fingerprint density at radius 2 is 1.89 bits per heavy atom. The molecular formula is C20H15ClN4O2. The van der Waals surface area contributed by atoms with E-state index in [4.69, 9.17) is 16.0 Å². The maximum atomic E-state index is 12.4. The van der Waals surface area contributed by atoms with E-state index < -0.39 is 6.04 Å². The predicted octanol–water partition coefficient (Wildman–Crippen LogP) is 4.42. The first-order chi connectivity index (χ1) is 13.2. The maximum absolute atomic E-state index is 12.4. The van der Waals surface area contributed by atoms with Crippen LogP contribution in [-0.4, -0.2) is 22.4 Å². The summed E-state index contributed by atoms with van der Waals surface area (Å²) in [7, 11) is 0. The summed E-state index contributed by atoms with van der Waals surface area (Å²) in [6.07, 6.45) is 1.12. The first-order valence-corrected chi connectivity index (χ1v) is 9.12. The van der Waals surface area contributed by atoms with Gasteiger partial charge in [0.15, 0.2) is 5.58 Å². The Hall–Kier alpha value is -2.99. The molecular weight excluding hydrogens is 364 g/mol. The Morgan fingerprint density at radius 1 is 1.07 bits per heavy atom. The van der Waals surface area contributed by atoms with Crippen LogP contribution in [0.1, 0.15) is 24.4 Å². The normalized spacial score (nSPS) is 21.7. The first-order valence-electron chi connectivity index (χ1n) is 8.74. The number of fused-ring (bicyclic) bond motifs is 2. The second-order valence-corrected chi connectivity index (χ2v) is 6.99. The Kier molecular flexibility index (Phi) is 3.79. The van der Waals surface area contributed by atoms with E-state index in [9.17, 15) is 4.79 Å². The summed E-state index contributed by atoms with van der Waals surface area (Å²) in [5.41, 5.74) is 3.09. The molecule has 3 aromatic rings. The lowest BCUT2D eigenvalue weighted by Crippen LogP contribution is -2.30. The molecule has 2 atom stereocenters. The molecule has 0 radical (unpaired) electrons. The highest BCUT2D eigenvalue weighted by Crippen LogP contribution is 2.39. The number of hydrogen-bond acceptors (Lipinski definition) is 6. The molecule has 7 heteroatoms. The van der Waals surface area contributed by atoms with E-state index in [1.165, 1.54) is 0 Å². The lowest BCUT2D eigenvalue weighted by Gasteiger charge is -2.25. The number of anilines is 1. The van der Waals surface area contributed by atoms with Crippen LogP contribution < -0.4 is 5.32 Å². The summed E-state index contributed by atoms with van der Waals surface area (Å²) in [5.74, 6) is 0.190. The van der Waals surface area contributed by atoms with Crippen molar-refractivity contribution in [2.24, 2.45) is 15.9 Å². The Balaban J connectivity index is 1.54. The molecule has 0 amide bonds. The predicted molar refractivity (Wildman–Crippen MR) is 104 cm³/mol. The van der Waals surface area contributed by atoms with Crippen molar-refractivity contribution in [2.45, 2.75) is 18.9 Å². The van der Waals surface area contributed by atoms with Gasteiger partial charge in [-0.2, -0.15) is 4.98 Å². The molecule has 1 saturated carbocycles. The van der Waals surface area contributed by atoms with Crippen LogP contribution in [0, 0.1) is 5.92 Å². The number of benzene rings is 2. The third-order valence-electron chi connectivity index (χ3n) is 4.90. The summed E-state index contributed by atoms with van der Waals surface area (Å²) in [6, 6.07) is 14.9. The van der Waals surface area contributed by atoms with Gasteiger partial charge in [-0.05, 0) is 30.2 Å². The fourth-order valence-corrected chi connectivity index (χ4v) is 3.90. The van der Waals surface area contributed by atoms with Crippen molar-refractivity contribution in [1.82, 2.24) is 4.98 Å². The van der Waals surface area contributed by atoms with Crippen LogP contribution in [0.5, 0.6) is 0 Å². The lowest BCUT2D eigenvalue weighted by atomic mass is 9.89. The highest BCUT2D eigenvalue weighted by atomic mass is 35.5. The summed E-state index contributed by atoms with van der Waals surface area (Å²) < 4.78 is 5.70. The van der Waals surface area contributed by atoms with Gasteiger partial charge in [0.25, 0.3) is 0 Å². The van der Waals surface area contributed by atoms with Gasteiger partial charge in [0, 0.05) is 17.2 Å². The van der Waals surface area contributed by atoms with E-state index in [1.807, 2.05) is 48.5 Å². The quantitative estimate of drug-likeness (QED) is 0.715. The van der Waals surface area contributed by atoms with Gasteiger partial charge in [0.05, 0.1) is 12.0 Å². The number of Topliss-reactive ketones (excluding diaryl/α,β-unsaturated/α-hetero) is 1. The van der Waals surface area contributed by atoms with E-state index in [1.54, 1.807) is 0 Å². The Labute approximate surface area is 160 Å². The second-order valence-electron chi connectivity index (χ2n) is 6.58. The number of carbonyl (C=O) groups is 1. The van der Waals surface area contributed by atoms with Gasteiger partial charge in [-0.15, -0.1) is 0 Å². The Morgan fingerprint density at radius 3 is 2.74 bits per heavy atom. The fourth-order valence-electron chi connectivity index (χ4n) is 3.65. The Bertz CT molecular complexity index is 1080. The monoisotopic (exact) mass is 378 g/mol. The van der Waals surface area contributed by atoms with Gasteiger partial charge in [0.2, 0.25) is 5.96 Å². The van der Waals surface area contributed by atoms with Gasteiger partial charge in [-0.1, -0.05) is 41.9 Å². The average Bonchev–Trinajstić information content (AvgIpc) is 3.24. The van der Waals surface area contributed by atoms with Crippen molar-refractivity contribution >= 4 is 46.2 Å². The molecule has 2 unspecified atom stereocenters. The zero-order valence-corrected chi connectivity index (χ0v) is 15.0. The lowest BCUT2D eigenvalue weighted by molar-refractivity contribution is -0.120. The minimum absolute atomic E-state index is 0.156. The van der Waals surface area contributed by atoms with Crippen LogP contribution in [0.4, 0.5) is 6.01 Å². The largest absolute Gasteiger partial charge is 0.423 e. The molecule has 6 nitrogen and oxygen atoms in total.